The van der Waals surface area contributed by atoms with Crippen LogP contribution in [0.4, 0.5) is 5.69 Å². The predicted octanol–water partition coefficient (Wildman–Crippen LogP) is 1.46. The van der Waals surface area contributed by atoms with Gasteiger partial charge in [-0.15, -0.1) is 0 Å². The fraction of sp³-hybridized carbons (Fsp3) is 0.417. The third-order valence-electron chi connectivity index (χ3n) is 2.20. The van der Waals surface area contributed by atoms with E-state index >= 15 is 0 Å². The first-order valence-electron chi connectivity index (χ1n) is 5.65. The molecule has 0 atom stereocenters. The second-order valence-corrected chi connectivity index (χ2v) is 6.26. The lowest BCUT2D eigenvalue weighted by Crippen LogP contribution is -2.15. The molecule has 0 spiro atoms. The number of carbonyl (C=O) groups is 1. The Bertz CT molecular complexity index is 507. The largest absolute Gasteiger partial charge is 0.326 e. The highest BCUT2D eigenvalue weighted by atomic mass is 32.2. The first-order chi connectivity index (χ1) is 8.26. The molecule has 0 aliphatic carbocycles. The summed E-state index contributed by atoms with van der Waals surface area (Å²) in [5.41, 5.74) is 1.25. The van der Waals surface area contributed by atoms with Crippen LogP contribution >= 0.6 is 0 Å². The number of hydrogen-bond donors (Lipinski definition) is 2. The third kappa shape index (κ3) is 5.79. The second kappa shape index (κ2) is 5.97. The summed E-state index contributed by atoms with van der Waals surface area (Å²) in [5.74, 6) is 0.0450. The maximum atomic E-state index is 11.5. The molecule has 5 nitrogen and oxygen atoms in total. The number of rotatable bonds is 5. The molecule has 1 rings (SSSR count). The predicted molar refractivity (Wildman–Crippen MR) is 71.3 cm³/mol. The molecule has 3 N–H and O–H groups in total. The smallest absolute Gasteiger partial charge is 0.224 e. The van der Waals surface area contributed by atoms with Crippen molar-refractivity contribution in [3.8, 4) is 0 Å². The van der Waals surface area contributed by atoms with E-state index in [1.54, 1.807) is 24.3 Å². The lowest BCUT2D eigenvalue weighted by atomic mass is 10.1. The molecule has 100 valence electrons. The van der Waals surface area contributed by atoms with Crippen LogP contribution in [0, 0.1) is 5.92 Å². The molecule has 1 aromatic carbocycles. The standard InChI is InChI=1S/C12H18N2O3S/c1-9(2)7-12(15)14-11-5-3-10(4-6-11)8-18(13,16)17/h3-6,9H,7-8H2,1-2H3,(H,14,15)(H2,13,16,17). The van der Waals surface area contributed by atoms with E-state index in [2.05, 4.69) is 5.32 Å². The summed E-state index contributed by atoms with van der Waals surface area (Å²) in [4.78, 5) is 11.5. The van der Waals surface area contributed by atoms with Gasteiger partial charge >= 0.3 is 0 Å². The van der Waals surface area contributed by atoms with Crippen LogP contribution in [0.1, 0.15) is 25.8 Å². The maximum Gasteiger partial charge on any atom is 0.224 e. The average Bonchev–Trinajstić information content (AvgIpc) is 2.17. The summed E-state index contributed by atoms with van der Waals surface area (Å²) in [6.07, 6.45) is 0.457. The molecule has 1 amide bonds. The van der Waals surface area contributed by atoms with Gasteiger partial charge in [0, 0.05) is 12.1 Å². The van der Waals surface area contributed by atoms with Crippen molar-refractivity contribution in [1.82, 2.24) is 0 Å². The van der Waals surface area contributed by atoms with E-state index in [4.69, 9.17) is 5.14 Å². The van der Waals surface area contributed by atoms with Crippen molar-refractivity contribution in [3.05, 3.63) is 29.8 Å². The van der Waals surface area contributed by atoms with Crippen molar-refractivity contribution in [3.63, 3.8) is 0 Å². The van der Waals surface area contributed by atoms with Crippen molar-refractivity contribution in [1.29, 1.82) is 0 Å². The minimum absolute atomic E-state index is 0.0517. The SMILES string of the molecule is CC(C)CC(=O)Nc1ccc(CS(N)(=O)=O)cc1. The highest BCUT2D eigenvalue weighted by molar-refractivity contribution is 7.88. The Morgan fingerprint density at radius 2 is 1.83 bits per heavy atom. The van der Waals surface area contributed by atoms with Crippen LogP contribution in [-0.4, -0.2) is 14.3 Å². The Hall–Kier alpha value is -1.40. The number of sulfonamides is 1. The Labute approximate surface area is 107 Å². The van der Waals surface area contributed by atoms with Crippen molar-refractivity contribution >= 4 is 21.6 Å². The van der Waals surface area contributed by atoms with Gasteiger partial charge in [-0.05, 0) is 23.6 Å². The normalized spacial score (nSPS) is 11.6. The summed E-state index contributed by atoms with van der Waals surface area (Å²) < 4.78 is 21.8. The topological polar surface area (TPSA) is 89.3 Å². The number of nitrogens with two attached hydrogens (primary N) is 1. The molecule has 0 aromatic heterocycles. The van der Waals surface area contributed by atoms with E-state index in [-0.39, 0.29) is 11.7 Å². The average molecular weight is 270 g/mol. The zero-order valence-corrected chi connectivity index (χ0v) is 11.3. The maximum absolute atomic E-state index is 11.5. The van der Waals surface area contributed by atoms with E-state index in [9.17, 15) is 13.2 Å². The molecular formula is C12H18N2O3S. The van der Waals surface area contributed by atoms with E-state index in [1.807, 2.05) is 13.8 Å². The molecule has 0 saturated heterocycles. The van der Waals surface area contributed by atoms with Crippen molar-refractivity contribution in [2.24, 2.45) is 11.1 Å². The van der Waals surface area contributed by atoms with Crippen molar-refractivity contribution in [2.45, 2.75) is 26.0 Å². The first kappa shape index (κ1) is 14.7. The van der Waals surface area contributed by atoms with Gasteiger partial charge in [0.15, 0.2) is 0 Å². The molecule has 0 heterocycles. The second-order valence-electron chi connectivity index (χ2n) is 4.65. The molecule has 1 aromatic rings. The number of carbonyl (C=O) groups excluding carboxylic acids is 1. The Morgan fingerprint density at radius 1 is 1.28 bits per heavy atom. The fourth-order valence-corrected chi connectivity index (χ4v) is 2.16. The van der Waals surface area contributed by atoms with Gasteiger partial charge in [0.1, 0.15) is 0 Å². The zero-order chi connectivity index (χ0) is 13.8. The van der Waals surface area contributed by atoms with Gasteiger partial charge < -0.3 is 5.32 Å². The monoisotopic (exact) mass is 270 g/mol. The molecule has 6 heteroatoms. The molecule has 0 bridgehead atoms. The van der Waals surface area contributed by atoms with Crippen molar-refractivity contribution in [2.75, 3.05) is 5.32 Å². The van der Waals surface area contributed by atoms with Crippen molar-refractivity contribution < 1.29 is 13.2 Å². The van der Waals surface area contributed by atoms with Crippen LogP contribution in [0.2, 0.25) is 0 Å². The van der Waals surface area contributed by atoms with Crippen LogP contribution < -0.4 is 10.5 Å². The summed E-state index contributed by atoms with van der Waals surface area (Å²) in [6, 6.07) is 6.60. The van der Waals surface area contributed by atoms with Gasteiger partial charge in [-0.2, -0.15) is 0 Å². The molecular weight excluding hydrogens is 252 g/mol. The van der Waals surface area contributed by atoms with Gasteiger partial charge in [-0.25, -0.2) is 13.6 Å². The molecule has 0 aliphatic heterocycles. The van der Waals surface area contributed by atoms with E-state index in [1.165, 1.54) is 0 Å². The molecule has 0 saturated carbocycles. The number of anilines is 1. The summed E-state index contributed by atoms with van der Waals surface area (Å²) >= 11 is 0. The van der Waals surface area contributed by atoms with Crippen LogP contribution in [0.5, 0.6) is 0 Å². The number of amides is 1. The van der Waals surface area contributed by atoms with E-state index < -0.39 is 10.0 Å². The first-order valence-corrected chi connectivity index (χ1v) is 7.37. The highest BCUT2D eigenvalue weighted by Gasteiger charge is 2.07. The highest BCUT2D eigenvalue weighted by Crippen LogP contribution is 2.12. The van der Waals surface area contributed by atoms with Crippen LogP contribution in [-0.2, 0) is 20.6 Å². The molecule has 0 fully saturated rings. The molecule has 0 unspecified atom stereocenters. The Morgan fingerprint density at radius 3 is 2.28 bits per heavy atom. The number of benzene rings is 1. The van der Waals surface area contributed by atoms with Gasteiger partial charge in [-0.3, -0.25) is 4.79 Å². The lowest BCUT2D eigenvalue weighted by Gasteiger charge is -2.07. The lowest BCUT2D eigenvalue weighted by molar-refractivity contribution is -0.116. The Kier molecular flexibility index (Phi) is 4.86. The summed E-state index contributed by atoms with van der Waals surface area (Å²) in [5, 5.41) is 7.69. The van der Waals surface area contributed by atoms with Gasteiger partial charge in [0.25, 0.3) is 0 Å². The van der Waals surface area contributed by atoms with E-state index in [0.717, 1.165) is 0 Å². The molecule has 0 radical (unpaired) electrons. The molecule has 0 aliphatic rings. The Balaban J connectivity index is 2.63. The van der Waals surface area contributed by atoms with Crippen LogP contribution in [0.15, 0.2) is 24.3 Å². The third-order valence-corrected chi connectivity index (χ3v) is 2.93. The molecule has 18 heavy (non-hydrogen) atoms. The zero-order valence-electron chi connectivity index (χ0n) is 10.5. The van der Waals surface area contributed by atoms with Gasteiger partial charge in [0.05, 0.1) is 5.75 Å². The summed E-state index contributed by atoms with van der Waals surface area (Å²) in [7, 11) is -3.52. The summed E-state index contributed by atoms with van der Waals surface area (Å²) in [6.45, 7) is 3.93. The van der Waals surface area contributed by atoms with Gasteiger partial charge in [-0.1, -0.05) is 26.0 Å². The fourth-order valence-electron chi connectivity index (χ4n) is 1.50. The quantitative estimate of drug-likeness (QED) is 0.848. The van der Waals surface area contributed by atoms with Crippen LogP contribution in [0.25, 0.3) is 0 Å². The minimum Gasteiger partial charge on any atom is -0.326 e. The number of hydrogen-bond acceptors (Lipinski definition) is 3. The number of primary sulfonamides is 1. The minimum atomic E-state index is -3.52. The number of nitrogens with one attached hydrogen (secondary N) is 1. The van der Waals surface area contributed by atoms with Crippen LogP contribution in [0.3, 0.4) is 0 Å². The van der Waals surface area contributed by atoms with Gasteiger partial charge in [0.2, 0.25) is 15.9 Å². The van der Waals surface area contributed by atoms with E-state index in [0.29, 0.717) is 23.6 Å².